The van der Waals surface area contributed by atoms with Crippen LogP contribution in [-0.4, -0.2) is 34.9 Å². The van der Waals surface area contributed by atoms with Gasteiger partial charge in [0.1, 0.15) is 0 Å². The van der Waals surface area contributed by atoms with Crippen LogP contribution in [0.15, 0.2) is 79.1 Å². The summed E-state index contributed by atoms with van der Waals surface area (Å²) in [5.41, 5.74) is 3.43. The third kappa shape index (κ3) is 3.45. The number of rotatable bonds is 6. The number of nitrogens with zero attached hydrogens (tertiary/aromatic N) is 3. The minimum atomic E-state index is -0.0141. The molecule has 0 spiro atoms. The molecule has 5 rings (SSSR count). The molecule has 2 aromatic heterocycles. The number of pyridine rings is 1. The second-order valence-corrected chi connectivity index (χ2v) is 7.57. The quantitative estimate of drug-likeness (QED) is 0.546. The van der Waals surface area contributed by atoms with Crippen molar-refractivity contribution in [2.45, 2.75) is 11.8 Å². The lowest BCUT2D eigenvalue weighted by Crippen LogP contribution is -2.51. The van der Waals surface area contributed by atoms with E-state index >= 15 is 0 Å². The maximum Gasteiger partial charge on any atom is 0.156 e. The molecular weight excluding hydrogens is 360 g/mol. The Kier molecular flexibility index (Phi) is 4.66. The first-order chi connectivity index (χ1) is 14.3. The predicted octanol–water partition coefficient (Wildman–Crippen LogP) is 4.00. The Morgan fingerprint density at radius 1 is 0.828 bits per heavy atom. The number of fused-ring (bicyclic) bond motifs is 1. The lowest BCUT2D eigenvalue weighted by molar-refractivity contribution is -0.0529. The maximum atomic E-state index is 5.57. The van der Waals surface area contributed by atoms with E-state index in [0.29, 0.717) is 0 Å². The van der Waals surface area contributed by atoms with Gasteiger partial charge in [-0.3, -0.25) is 4.98 Å². The molecule has 0 amide bonds. The number of ether oxygens (including phenoxy) is 1. The highest BCUT2D eigenvalue weighted by atomic mass is 16.5. The highest BCUT2D eigenvalue weighted by Crippen LogP contribution is 2.33. The Labute approximate surface area is 169 Å². The lowest BCUT2D eigenvalue weighted by Gasteiger charge is -2.42. The lowest BCUT2D eigenvalue weighted by atomic mass is 9.78. The standard InChI is InChI=1S/C24H22N4O/c1-2-6-19(7-3-1)24(16-29-17-24)15-26-23-21-9-5-4-8-20(21)22(27-28-23)14-18-10-12-25-13-11-18/h1-13H,14-17H2,(H,26,28). The van der Waals surface area contributed by atoms with E-state index in [4.69, 9.17) is 4.74 Å². The first-order valence-electron chi connectivity index (χ1n) is 9.84. The van der Waals surface area contributed by atoms with Gasteiger partial charge in [-0.25, -0.2) is 0 Å². The average Bonchev–Trinajstić information content (AvgIpc) is 2.76. The van der Waals surface area contributed by atoms with Crippen molar-refractivity contribution in [3.8, 4) is 0 Å². The highest BCUT2D eigenvalue weighted by molar-refractivity contribution is 5.93. The van der Waals surface area contributed by atoms with Gasteiger partial charge in [-0.15, -0.1) is 5.10 Å². The first-order valence-corrected chi connectivity index (χ1v) is 9.84. The summed E-state index contributed by atoms with van der Waals surface area (Å²) in [6.07, 6.45) is 4.35. The summed E-state index contributed by atoms with van der Waals surface area (Å²) >= 11 is 0. The van der Waals surface area contributed by atoms with Gasteiger partial charge in [0, 0.05) is 36.1 Å². The smallest absolute Gasteiger partial charge is 0.156 e. The zero-order valence-corrected chi connectivity index (χ0v) is 16.1. The molecule has 0 saturated carbocycles. The highest BCUT2D eigenvalue weighted by Gasteiger charge is 2.40. The van der Waals surface area contributed by atoms with Crippen molar-refractivity contribution in [1.29, 1.82) is 0 Å². The van der Waals surface area contributed by atoms with E-state index < -0.39 is 0 Å². The molecular formula is C24H22N4O. The minimum Gasteiger partial charge on any atom is -0.379 e. The van der Waals surface area contributed by atoms with Gasteiger partial charge in [0.05, 0.1) is 24.3 Å². The molecule has 1 N–H and O–H groups in total. The van der Waals surface area contributed by atoms with Crippen LogP contribution in [0, 0.1) is 0 Å². The number of aromatic nitrogens is 3. The van der Waals surface area contributed by atoms with Crippen LogP contribution in [0.3, 0.4) is 0 Å². The van der Waals surface area contributed by atoms with Crippen molar-refractivity contribution in [3.63, 3.8) is 0 Å². The summed E-state index contributed by atoms with van der Waals surface area (Å²) in [5.74, 6) is 0.821. The van der Waals surface area contributed by atoms with Crippen LogP contribution in [0.1, 0.15) is 16.8 Å². The Balaban J connectivity index is 1.43. The van der Waals surface area contributed by atoms with Crippen LogP contribution in [0.4, 0.5) is 5.82 Å². The van der Waals surface area contributed by atoms with Crippen LogP contribution in [-0.2, 0) is 16.6 Å². The predicted molar refractivity (Wildman–Crippen MR) is 114 cm³/mol. The Morgan fingerprint density at radius 3 is 2.28 bits per heavy atom. The summed E-state index contributed by atoms with van der Waals surface area (Å²) in [6.45, 7) is 2.20. The molecule has 3 heterocycles. The van der Waals surface area contributed by atoms with Crippen LogP contribution in [0.25, 0.3) is 10.8 Å². The zero-order chi connectivity index (χ0) is 19.5. The summed E-state index contributed by atoms with van der Waals surface area (Å²) in [4.78, 5) is 4.09. The third-order valence-corrected chi connectivity index (χ3v) is 5.62. The zero-order valence-electron chi connectivity index (χ0n) is 16.1. The fourth-order valence-electron chi connectivity index (χ4n) is 3.88. The molecule has 5 nitrogen and oxygen atoms in total. The van der Waals surface area contributed by atoms with Crippen LogP contribution in [0.5, 0.6) is 0 Å². The Morgan fingerprint density at radius 2 is 1.55 bits per heavy atom. The molecule has 0 radical (unpaired) electrons. The molecule has 1 aliphatic rings. The molecule has 0 aliphatic carbocycles. The fourth-order valence-corrected chi connectivity index (χ4v) is 3.88. The molecule has 0 atom stereocenters. The molecule has 2 aromatic carbocycles. The maximum absolute atomic E-state index is 5.57. The van der Waals surface area contributed by atoms with Gasteiger partial charge in [-0.1, -0.05) is 54.6 Å². The second kappa shape index (κ2) is 7.60. The van der Waals surface area contributed by atoms with Gasteiger partial charge in [0.15, 0.2) is 5.82 Å². The van der Waals surface area contributed by atoms with E-state index in [2.05, 4.69) is 63.0 Å². The van der Waals surface area contributed by atoms with E-state index in [1.54, 1.807) is 0 Å². The van der Waals surface area contributed by atoms with E-state index in [1.165, 1.54) is 11.1 Å². The van der Waals surface area contributed by atoms with E-state index in [9.17, 15) is 0 Å². The van der Waals surface area contributed by atoms with Crippen molar-refractivity contribution in [2.24, 2.45) is 0 Å². The van der Waals surface area contributed by atoms with Gasteiger partial charge < -0.3 is 10.1 Å². The Hall–Kier alpha value is -3.31. The van der Waals surface area contributed by atoms with Gasteiger partial charge in [0.25, 0.3) is 0 Å². The monoisotopic (exact) mass is 382 g/mol. The number of nitrogens with one attached hydrogen (secondary N) is 1. The topological polar surface area (TPSA) is 59.9 Å². The van der Waals surface area contributed by atoms with E-state index in [1.807, 2.05) is 36.7 Å². The van der Waals surface area contributed by atoms with Gasteiger partial charge >= 0.3 is 0 Å². The van der Waals surface area contributed by atoms with E-state index in [-0.39, 0.29) is 5.41 Å². The van der Waals surface area contributed by atoms with E-state index in [0.717, 1.165) is 48.5 Å². The molecule has 1 saturated heterocycles. The van der Waals surface area contributed by atoms with Crippen molar-refractivity contribution in [2.75, 3.05) is 25.1 Å². The number of anilines is 1. The van der Waals surface area contributed by atoms with Crippen LogP contribution < -0.4 is 5.32 Å². The molecule has 0 bridgehead atoms. The Bertz CT molecular complexity index is 1110. The molecule has 29 heavy (non-hydrogen) atoms. The summed E-state index contributed by atoms with van der Waals surface area (Å²) in [6, 6.07) is 22.9. The molecule has 144 valence electrons. The molecule has 0 unspecified atom stereocenters. The minimum absolute atomic E-state index is 0.0141. The second-order valence-electron chi connectivity index (χ2n) is 7.57. The average molecular weight is 382 g/mol. The normalized spacial score (nSPS) is 15.0. The van der Waals surface area contributed by atoms with Crippen LogP contribution in [0.2, 0.25) is 0 Å². The molecule has 4 aromatic rings. The SMILES string of the molecule is c1ccc(C2(CNc3nnc(Cc4ccncc4)c4ccccc34)COC2)cc1. The van der Waals surface area contributed by atoms with Crippen molar-refractivity contribution < 1.29 is 4.74 Å². The largest absolute Gasteiger partial charge is 0.379 e. The van der Waals surface area contributed by atoms with Crippen molar-refractivity contribution in [1.82, 2.24) is 15.2 Å². The van der Waals surface area contributed by atoms with Gasteiger partial charge in [-0.05, 0) is 23.3 Å². The van der Waals surface area contributed by atoms with Gasteiger partial charge in [0.2, 0.25) is 0 Å². The number of benzene rings is 2. The van der Waals surface area contributed by atoms with Crippen molar-refractivity contribution >= 4 is 16.6 Å². The first kappa shape index (κ1) is 17.8. The van der Waals surface area contributed by atoms with Gasteiger partial charge in [-0.2, -0.15) is 5.10 Å². The number of hydrogen-bond acceptors (Lipinski definition) is 5. The summed E-state index contributed by atoms with van der Waals surface area (Å²) < 4.78 is 5.57. The van der Waals surface area contributed by atoms with Crippen LogP contribution >= 0.6 is 0 Å². The fraction of sp³-hybridized carbons (Fsp3) is 0.208. The number of hydrogen-bond donors (Lipinski definition) is 1. The molecule has 1 fully saturated rings. The summed E-state index contributed by atoms with van der Waals surface area (Å²) in [5, 5.41) is 14.9. The third-order valence-electron chi connectivity index (χ3n) is 5.62. The molecule has 5 heteroatoms. The van der Waals surface area contributed by atoms with Crippen molar-refractivity contribution in [3.05, 3.63) is 95.9 Å². The summed E-state index contributed by atoms with van der Waals surface area (Å²) in [7, 11) is 0. The molecule has 1 aliphatic heterocycles.